The van der Waals surface area contributed by atoms with Gasteiger partial charge in [-0.1, -0.05) is 30.3 Å². The van der Waals surface area contributed by atoms with Gasteiger partial charge in [0.25, 0.3) is 0 Å². The summed E-state index contributed by atoms with van der Waals surface area (Å²) in [6, 6.07) is 9.76. The molecule has 7 nitrogen and oxygen atoms in total. The lowest BCUT2D eigenvalue weighted by atomic mass is 10.0. The number of hydrogen-bond donors (Lipinski definition) is 0. The van der Waals surface area contributed by atoms with Crippen LogP contribution >= 0.6 is 0 Å². The highest BCUT2D eigenvalue weighted by Gasteiger charge is 2.44. The Labute approximate surface area is 190 Å². The number of ether oxygens (including phenoxy) is 3. The minimum atomic E-state index is -4.81. The van der Waals surface area contributed by atoms with Crippen molar-refractivity contribution in [2.75, 3.05) is 33.4 Å². The van der Waals surface area contributed by atoms with Gasteiger partial charge in [0.05, 0.1) is 26.7 Å². The molecule has 0 spiro atoms. The predicted octanol–water partition coefficient (Wildman–Crippen LogP) is 3.41. The van der Waals surface area contributed by atoms with Crippen LogP contribution in [0.4, 0.5) is 13.2 Å². The fraction of sp³-hybridized carbons (Fsp3) is 0.409. The highest BCUT2D eigenvalue weighted by molar-refractivity contribution is 7.89. The summed E-state index contributed by atoms with van der Waals surface area (Å²) in [6.07, 6.45) is -7.79. The highest BCUT2D eigenvalue weighted by Crippen LogP contribution is 2.37. The number of rotatable bonds is 7. The number of carbonyl (C=O) groups is 1. The van der Waals surface area contributed by atoms with E-state index in [0.29, 0.717) is 5.56 Å². The molecule has 0 radical (unpaired) electrons. The molecule has 1 aliphatic rings. The molecular weight excluding hydrogens is 463 g/mol. The molecule has 0 bridgehead atoms. The normalized spacial score (nSPS) is 16.3. The van der Waals surface area contributed by atoms with Crippen molar-refractivity contribution in [1.82, 2.24) is 4.31 Å². The number of hydrogen-bond acceptors (Lipinski definition) is 6. The summed E-state index contributed by atoms with van der Waals surface area (Å²) in [4.78, 5) is 12.3. The highest BCUT2D eigenvalue weighted by atomic mass is 32.2. The van der Waals surface area contributed by atoms with Crippen LogP contribution in [0.5, 0.6) is 5.75 Å². The van der Waals surface area contributed by atoms with Crippen LogP contribution in [-0.2, 0) is 30.7 Å². The summed E-state index contributed by atoms with van der Waals surface area (Å²) in [6.45, 7) is 2.29. The standard InChI is InChI=1S/C22H24F3NO6S/c1-15-5-3-4-6-17(15)21(22(23,24)25)32-20(27)14-16-7-8-18(30-2)19(13-16)33(28,29)26-9-11-31-12-10-26/h3-8,13,21H,9-12,14H2,1-2H3/t21-/m0/s1. The molecule has 1 heterocycles. The number of aryl methyl sites for hydroxylation is 1. The van der Waals surface area contributed by atoms with Crippen molar-refractivity contribution in [2.24, 2.45) is 0 Å². The number of carbonyl (C=O) groups excluding carboxylic acids is 1. The predicted molar refractivity (Wildman–Crippen MR) is 112 cm³/mol. The first-order valence-corrected chi connectivity index (χ1v) is 11.5. The Hall–Kier alpha value is -2.63. The monoisotopic (exact) mass is 487 g/mol. The van der Waals surface area contributed by atoms with Crippen LogP contribution in [0.3, 0.4) is 0 Å². The van der Waals surface area contributed by atoms with Crippen molar-refractivity contribution >= 4 is 16.0 Å². The van der Waals surface area contributed by atoms with Crippen LogP contribution in [-0.4, -0.2) is 58.3 Å². The molecule has 2 aromatic rings. The Morgan fingerprint density at radius 3 is 2.42 bits per heavy atom. The number of halogens is 3. The number of alkyl halides is 3. The van der Waals surface area contributed by atoms with Crippen molar-refractivity contribution in [3.8, 4) is 5.75 Å². The molecule has 0 N–H and O–H groups in total. The minimum Gasteiger partial charge on any atom is -0.495 e. The van der Waals surface area contributed by atoms with Gasteiger partial charge in [-0.15, -0.1) is 0 Å². The fourth-order valence-electron chi connectivity index (χ4n) is 3.49. The van der Waals surface area contributed by atoms with Gasteiger partial charge < -0.3 is 14.2 Å². The van der Waals surface area contributed by atoms with E-state index in [9.17, 15) is 26.4 Å². The van der Waals surface area contributed by atoms with E-state index in [2.05, 4.69) is 0 Å². The fourth-order valence-corrected chi connectivity index (χ4v) is 5.10. The van der Waals surface area contributed by atoms with Gasteiger partial charge in [0.15, 0.2) is 0 Å². The average molecular weight is 487 g/mol. The topological polar surface area (TPSA) is 82.1 Å². The largest absolute Gasteiger partial charge is 0.495 e. The zero-order valence-electron chi connectivity index (χ0n) is 18.1. The van der Waals surface area contributed by atoms with E-state index in [-0.39, 0.29) is 48.1 Å². The van der Waals surface area contributed by atoms with Gasteiger partial charge in [0.1, 0.15) is 10.6 Å². The van der Waals surface area contributed by atoms with Crippen LogP contribution in [0.1, 0.15) is 22.8 Å². The molecule has 0 saturated carbocycles. The molecule has 1 atom stereocenters. The maximum absolute atomic E-state index is 13.6. The van der Waals surface area contributed by atoms with Crippen LogP contribution in [0.2, 0.25) is 0 Å². The van der Waals surface area contributed by atoms with Gasteiger partial charge in [0, 0.05) is 18.7 Å². The molecule has 1 saturated heterocycles. The van der Waals surface area contributed by atoms with Crippen molar-refractivity contribution in [2.45, 2.75) is 30.5 Å². The average Bonchev–Trinajstić information content (AvgIpc) is 2.78. The number of nitrogens with zero attached hydrogens (tertiary/aromatic N) is 1. The molecule has 2 aromatic carbocycles. The maximum atomic E-state index is 13.6. The molecule has 33 heavy (non-hydrogen) atoms. The molecule has 1 aliphatic heterocycles. The lowest BCUT2D eigenvalue weighted by Gasteiger charge is -2.27. The van der Waals surface area contributed by atoms with Crippen molar-refractivity contribution < 1.29 is 40.6 Å². The van der Waals surface area contributed by atoms with E-state index >= 15 is 0 Å². The van der Waals surface area contributed by atoms with Crippen molar-refractivity contribution in [3.05, 3.63) is 59.2 Å². The zero-order valence-corrected chi connectivity index (χ0v) is 18.9. The molecule has 0 amide bonds. The van der Waals surface area contributed by atoms with E-state index < -0.39 is 34.7 Å². The van der Waals surface area contributed by atoms with Crippen molar-refractivity contribution in [3.63, 3.8) is 0 Å². The summed E-state index contributed by atoms with van der Waals surface area (Å²) >= 11 is 0. The van der Waals surface area contributed by atoms with Gasteiger partial charge in [-0.25, -0.2) is 8.42 Å². The number of esters is 1. The molecular formula is C22H24F3NO6S. The zero-order chi connectivity index (χ0) is 24.2. The Bertz CT molecular complexity index is 1100. The third-order valence-corrected chi connectivity index (χ3v) is 7.10. The molecule has 180 valence electrons. The van der Waals surface area contributed by atoms with Crippen molar-refractivity contribution in [1.29, 1.82) is 0 Å². The Kier molecular flexibility index (Phi) is 7.65. The third-order valence-electron chi connectivity index (χ3n) is 5.18. The first-order chi connectivity index (χ1) is 15.5. The van der Waals surface area contributed by atoms with Crippen LogP contribution in [0, 0.1) is 6.92 Å². The van der Waals surface area contributed by atoms with E-state index in [4.69, 9.17) is 14.2 Å². The van der Waals surface area contributed by atoms with E-state index in [1.54, 1.807) is 6.07 Å². The van der Waals surface area contributed by atoms with E-state index in [1.165, 1.54) is 54.7 Å². The number of morpholine rings is 1. The van der Waals surface area contributed by atoms with E-state index in [1.807, 2.05) is 0 Å². The molecule has 3 rings (SSSR count). The first-order valence-electron chi connectivity index (χ1n) is 10.1. The smallest absolute Gasteiger partial charge is 0.429 e. The quantitative estimate of drug-likeness (QED) is 0.557. The summed E-state index contributed by atoms with van der Waals surface area (Å²) in [5.74, 6) is -1.08. The second-order valence-corrected chi connectivity index (χ2v) is 9.35. The summed E-state index contributed by atoms with van der Waals surface area (Å²) in [5.41, 5.74) is 0.345. The van der Waals surface area contributed by atoms with Crippen LogP contribution < -0.4 is 4.74 Å². The van der Waals surface area contributed by atoms with Gasteiger partial charge >= 0.3 is 12.1 Å². The van der Waals surface area contributed by atoms with Gasteiger partial charge in [-0.3, -0.25) is 4.79 Å². The summed E-state index contributed by atoms with van der Waals surface area (Å²) in [5, 5.41) is 0. The second kappa shape index (κ2) is 10.1. The van der Waals surface area contributed by atoms with Gasteiger partial charge in [-0.2, -0.15) is 17.5 Å². The molecule has 0 aliphatic carbocycles. The van der Waals surface area contributed by atoms with Gasteiger partial charge in [0.2, 0.25) is 16.1 Å². The van der Waals surface area contributed by atoms with Crippen LogP contribution in [0.25, 0.3) is 0 Å². The lowest BCUT2D eigenvalue weighted by molar-refractivity contribution is -0.223. The van der Waals surface area contributed by atoms with Gasteiger partial charge in [-0.05, 0) is 30.2 Å². The van der Waals surface area contributed by atoms with Crippen LogP contribution in [0.15, 0.2) is 47.4 Å². The lowest BCUT2D eigenvalue weighted by Crippen LogP contribution is -2.40. The molecule has 0 aromatic heterocycles. The Morgan fingerprint density at radius 2 is 1.82 bits per heavy atom. The Morgan fingerprint density at radius 1 is 1.15 bits per heavy atom. The first kappa shape index (κ1) is 25.0. The third kappa shape index (κ3) is 5.84. The number of sulfonamides is 1. The maximum Gasteiger partial charge on any atom is 0.429 e. The molecule has 0 unspecified atom stereocenters. The summed E-state index contributed by atoms with van der Waals surface area (Å²) < 4.78 is 83.4. The SMILES string of the molecule is COc1ccc(CC(=O)O[C@@H](c2ccccc2C)C(F)(F)F)cc1S(=O)(=O)N1CCOCC1. The summed E-state index contributed by atoms with van der Waals surface area (Å²) in [7, 11) is -2.66. The number of benzene rings is 2. The molecule has 11 heteroatoms. The van der Waals surface area contributed by atoms with E-state index in [0.717, 1.165) is 0 Å². The number of methoxy groups -OCH3 is 1. The molecule has 1 fully saturated rings. The Balaban J connectivity index is 1.85. The second-order valence-electron chi connectivity index (χ2n) is 7.45. The minimum absolute atomic E-state index is 0.0617.